The maximum Gasteiger partial charge on any atom is 0.315 e. The highest BCUT2D eigenvalue weighted by Gasteiger charge is 2.17. The minimum absolute atomic E-state index is 0.0205. The Bertz CT molecular complexity index is 1190. The molecule has 0 fully saturated rings. The Morgan fingerprint density at radius 3 is 2.45 bits per heavy atom. The van der Waals surface area contributed by atoms with Crippen LogP contribution in [-0.4, -0.2) is 11.0 Å². The summed E-state index contributed by atoms with van der Waals surface area (Å²) in [4.78, 5) is 11.0. The fourth-order valence-electron chi connectivity index (χ4n) is 3.26. The molecule has 2 N–H and O–H groups in total. The van der Waals surface area contributed by atoms with Crippen LogP contribution < -0.4 is 10.6 Å². The predicted octanol–water partition coefficient (Wildman–Crippen LogP) is 5.84. The molecule has 4 aromatic rings. The number of hydrogen-bond donors (Lipinski definition) is 2. The Morgan fingerprint density at radius 2 is 1.72 bits per heavy atom. The zero-order chi connectivity index (χ0) is 20.4. The van der Waals surface area contributed by atoms with Crippen LogP contribution in [0.2, 0.25) is 5.02 Å². The van der Waals surface area contributed by atoms with Crippen molar-refractivity contribution in [1.29, 1.82) is 0 Å². The lowest BCUT2D eigenvalue weighted by atomic mass is 10.2. The number of amides is 1. The molecule has 4 nitrogen and oxygen atoms in total. The molecule has 1 radical (unpaired) electrons. The molecule has 1 amide bonds. The first-order valence-electron chi connectivity index (χ1n) is 8.77. The van der Waals surface area contributed by atoms with Crippen LogP contribution in [0.4, 0.5) is 26.0 Å². The Balaban J connectivity index is 1.83. The van der Waals surface area contributed by atoms with Gasteiger partial charge in [-0.1, -0.05) is 41.9 Å². The SMILES string of the molecule is O=[C]Nc1cc2c(Nc3ccc(F)c(Cl)c3)ccc(F)c2n1Cc1ccccc1. The summed E-state index contributed by atoms with van der Waals surface area (Å²) in [5, 5.41) is 6.18. The number of nitrogens with one attached hydrogen (secondary N) is 2. The van der Waals surface area contributed by atoms with Crippen molar-refractivity contribution in [2.45, 2.75) is 6.54 Å². The molecular weight excluding hydrogens is 396 g/mol. The van der Waals surface area contributed by atoms with E-state index < -0.39 is 11.6 Å². The second kappa shape index (κ2) is 7.93. The predicted molar refractivity (Wildman–Crippen MR) is 111 cm³/mol. The van der Waals surface area contributed by atoms with Crippen molar-refractivity contribution in [2.75, 3.05) is 10.6 Å². The number of fused-ring (bicyclic) bond motifs is 1. The highest BCUT2D eigenvalue weighted by atomic mass is 35.5. The molecule has 0 aliphatic heterocycles. The summed E-state index contributed by atoms with van der Waals surface area (Å²) in [6.07, 6.45) is 1.65. The van der Waals surface area contributed by atoms with Gasteiger partial charge in [-0.15, -0.1) is 0 Å². The molecule has 29 heavy (non-hydrogen) atoms. The van der Waals surface area contributed by atoms with Crippen molar-refractivity contribution >= 4 is 46.1 Å². The Labute approximate surface area is 170 Å². The van der Waals surface area contributed by atoms with Crippen LogP contribution in [0.5, 0.6) is 0 Å². The smallest absolute Gasteiger partial charge is 0.315 e. The normalized spacial score (nSPS) is 10.9. The molecule has 0 saturated heterocycles. The maximum atomic E-state index is 14.8. The van der Waals surface area contributed by atoms with Gasteiger partial charge in [0.25, 0.3) is 0 Å². The molecule has 0 unspecified atom stereocenters. The van der Waals surface area contributed by atoms with E-state index in [1.165, 1.54) is 24.3 Å². The highest BCUT2D eigenvalue weighted by molar-refractivity contribution is 6.31. The molecule has 1 aromatic heterocycles. The van der Waals surface area contributed by atoms with E-state index in [9.17, 15) is 13.6 Å². The summed E-state index contributed by atoms with van der Waals surface area (Å²) >= 11 is 5.85. The lowest BCUT2D eigenvalue weighted by molar-refractivity contribution is 0.560. The molecule has 0 saturated carbocycles. The van der Waals surface area contributed by atoms with E-state index in [0.717, 1.165) is 5.56 Å². The summed E-state index contributed by atoms with van der Waals surface area (Å²) in [6, 6.07) is 18.3. The van der Waals surface area contributed by atoms with Crippen LogP contribution in [0.1, 0.15) is 5.56 Å². The second-order valence-electron chi connectivity index (χ2n) is 6.44. The molecule has 145 valence electrons. The molecule has 4 rings (SSSR count). The Hall–Kier alpha value is -3.38. The average Bonchev–Trinajstić information content (AvgIpc) is 3.07. The lowest BCUT2D eigenvalue weighted by Crippen LogP contribution is -2.06. The van der Waals surface area contributed by atoms with Gasteiger partial charge in [0.2, 0.25) is 0 Å². The summed E-state index contributed by atoms with van der Waals surface area (Å²) in [6.45, 7) is 0.358. The number of anilines is 3. The van der Waals surface area contributed by atoms with Crippen molar-refractivity contribution in [1.82, 2.24) is 4.57 Å². The monoisotopic (exact) mass is 410 g/mol. The summed E-state index contributed by atoms with van der Waals surface area (Å²) < 4.78 is 29.9. The van der Waals surface area contributed by atoms with Crippen molar-refractivity contribution in [2.24, 2.45) is 0 Å². The van der Waals surface area contributed by atoms with Gasteiger partial charge in [-0.05, 0) is 42.0 Å². The Kier molecular flexibility index (Phi) is 5.18. The van der Waals surface area contributed by atoms with E-state index in [1.807, 2.05) is 30.3 Å². The van der Waals surface area contributed by atoms with Crippen LogP contribution in [0.3, 0.4) is 0 Å². The van der Waals surface area contributed by atoms with Crippen molar-refractivity contribution < 1.29 is 13.6 Å². The topological polar surface area (TPSA) is 46.1 Å². The molecule has 0 aliphatic carbocycles. The molecule has 7 heteroatoms. The van der Waals surface area contributed by atoms with Gasteiger partial charge in [-0.2, -0.15) is 0 Å². The number of aromatic nitrogens is 1. The van der Waals surface area contributed by atoms with Gasteiger partial charge in [0, 0.05) is 23.3 Å². The number of carbonyl (C=O) groups excluding carboxylic acids is 1. The Morgan fingerprint density at radius 1 is 0.966 bits per heavy atom. The van der Waals surface area contributed by atoms with E-state index in [-0.39, 0.29) is 5.02 Å². The largest absolute Gasteiger partial charge is 0.355 e. The molecular formula is C22H15ClF2N3O. The zero-order valence-electron chi connectivity index (χ0n) is 15.0. The summed E-state index contributed by atoms with van der Waals surface area (Å²) in [5.41, 5.74) is 2.41. The second-order valence-corrected chi connectivity index (χ2v) is 6.85. The van der Waals surface area contributed by atoms with Gasteiger partial charge < -0.3 is 15.2 Å². The van der Waals surface area contributed by atoms with E-state index in [1.54, 1.807) is 23.1 Å². The van der Waals surface area contributed by atoms with E-state index in [0.29, 0.717) is 34.6 Å². The fraction of sp³-hybridized carbons (Fsp3) is 0.0455. The third-order valence-corrected chi connectivity index (χ3v) is 4.86. The average molecular weight is 411 g/mol. The van der Waals surface area contributed by atoms with Crippen LogP contribution >= 0.6 is 11.6 Å². The first kappa shape index (κ1) is 19.0. The van der Waals surface area contributed by atoms with Crippen molar-refractivity contribution in [3.63, 3.8) is 0 Å². The third-order valence-electron chi connectivity index (χ3n) is 4.57. The van der Waals surface area contributed by atoms with Crippen LogP contribution in [0, 0.1) is 11.6 Å². The maximum absolute atomic E-state index is 14.8. The molecule has 0 aliphatic rings. The molecule has 0 bridgehead atoms. The number of nitrogens with zero attached hydrogens (tertiary/aromatic N) is 1. The molecule has 1 heterocycles. The van der Waals surface area contributed by atoms with Crippen molar-refractivity contribution in [3.8, 4) is 0 Å². The van der Waals surface area contributed by atoms with Gasteiger partial charge in [0.05, 0.1) is 10.5 Å². The zero-order valence-corrected chi connectivity index (χ0v) is 15.8. The highest BCUT2D eigenvalue weighted by Crippen LogP contribution is 2.34. The first-order chi connectivity index (χ1) is 14.1. The van der Waals surface area contributed by atoms with Crippen molar-refractivity contribution in [3.05, 3.63) is 89.0 Å². The quantitative estimate of drug-likeness (QED) is 0.392. The van der Waals surface area contributed by atoms with E-state index in [4.69, 9.17) is 11.6 Å². The molecule has 0 spiro atoms. The molecule has 0 atom stereocenters. The van der Waals surface area contributed by atoms with Gasteiger partial charge in [0.1, 0.15) is 17.5 Å². The van der Waals surface area contributed by atoms with Crippen LogP contribution in [-0.2, 0) is 11.3 Å². The number of rotatable bonds is 6. The fourth-order valence-corrected chi connectivity index (χ4v) is 3.44. The van der Waals surface area contributed by atoms with Gasteiger partial charge in [-0.25, -0.2) is 8.78 Å². The summed E-state index contributed by atoms with van der Waals surface area (Å²) in [7, 11) is 0. The third kappa shape index (κ3) is 3.79. The lowest BCUT2D eigenvalue weighted by Gasteiger charge is -2.12. The van der Waals surface area contributed by atoms with E-state index >= 15 is 0 Å². The standard InChI is InChI=1S/C22H15ClF2N3O/c23-17-10-15(6-7-18(17)24)27-20-9-8-19(25)22-16(20)11-21(26-13-29)28(22)12-14-4-2-1-3-5-14/h1-11,27H,12H2,(H,26,29). The molecule has 3 aromatic carbocycles. The van der Waals surface area contributed by atoms with Gasteiger partial charge in [0.15, 0.2) is 0 Å². The van der Waals surface area contributed by atoms with Gasteiger partial charge in [-0.3, -0.25) is 4.79 Å². The minimum atomic E-state index is -0.525. The number of benzene rings is 3. The number of hydrogen-bond acceptors (Lipinski definition) is 2. The summed E-state index contributed by atoms with van der Waals surface area (Å²) in [5.74, 6) is -0.551. The van der Waals surface area contributed by atoms with Crippen LogP contribution in [0.25, 0.3) is 10.9 Å². The number of halogens is 3. The minimum Gasteiger partial charge on any atom is -0.355 e. The van der Waals surface area contributed by atoms with Gasteiger partial charge >= 0.3 is 6.41 Å². The first-order valence-corrected chi connectivity index (χ1v) is 9.15. The van der Waals surface area contributed by atoms with E-state index in [2.05, 4.69) is 10.6 Å². The van der Waals surface area contributed by atoms with Crippen LogP contribution in [0.15, 0.2) is 66.7 Å².